The number of carbonyl (C=O) groups excluding carboxylic acids is 1. The average Bonchev–Trinajstić information content (AvgIpc) is 2.67. The third-order valence-corrected chi connectivity index (χ3v) is 4.14. The molecule has 0 aliphatic rings. The zero-order valence-corrected chi connectivity index (χ0v) is 15.9. The Balaban J connectivity index is 1.83. The minimum atomic E-state index is -0.0702. The van der Waals surface area contributed by atoms with Crippen molar-refractivity contribution >= 4 is 11.6 Å². The van der Waals surface area contributed by atoms with Crippen LogP contribution in [0.3, 0.4) is 0 Å². The van der Waals surface area contributed by atoms with Crippen LogP contribution in [-0.4, -0.2) is 20.9 Å². The van der Waals surface area contributed by atoms with Crippen molar-refractivity contribution in [2.75, 3.05) is 5.32 Å². The van der Waals surface area contributed by atoms with Gasteiger partial charge in [0.2, 0.25) is 11.8 Å². The first kappa shape index (κ1) is 18.5. The second-order valence-corrected chi connectivity index (χ2v) is 6.57. The van der Waals surface area contributed by atoms with Crippen LogP contribution in [-0.2, 0) is 4.79 Å². The molecule has 0 saturated carbocycles. The van der Waals surface area contributed by atoms with Gasteiger partial charge in [0.25, 0.3) is 0 Å². The monoisotopic (exact) mass is 362 g/mol. The maximum Gasteiger partial charge on any atom is 0.226 e. The van der Waals surface area contributed by atoms with Gasteiger partial charge in [0, 0.05) is 40.8 Å². The number of aryl methyl sites for hydroxylation is 1. The van der Waals surface area contributed by atoms with E-state index in [0.29, 0.717) is 17.5 Å². The van der Waals surface area contributed by atoms with Crippen molar-refractivity contribution in [3.05, 3.63) is 60.0 Å². The molecule has 27 heavy (non-hydrogen) atoms. The Morgan fingerprint density at radius 3 is 2.30 bits per heavy atom. The number of amides is 1. The third kappa shape index (κ3) is 4.47. The molecule has 0 atom stereocenters. The predicted octanol–water partition coefficient (Wildman–Crippen LogP) is 4.54. The molecule has 2 heterocycles. The van der Waals surface area contributed by atoms with Crippen LogP contribution in [0.4, 0.5) is 5.69 Å². The van der Waals surface area contributed by atoms with E-state index in [4.69, 9.17) is 4.74 Å². The summed E-state index contributed by atoms with van der Waals surface area (Å²) in [5.41, 5.74) is 3.34. The SMILES string of the molecule is Cc1nc(-c2ccncc2)nc(Oc2ccc(NC(=O)C(C)C)cc2)c1C. The minimum absolute atomic E-state index is 0.0204. The lowest BCUT2D eigenvalue weighted by atomic mass is 10.2. The molecule has 1 aromatic carbocycles. The summed E-state index contributed by atoms with van der Waals surface area (Å²) < 4.78 is 5.98. The number of benzene rings is 1. The summed E-state index contributed by atoms with van der Waals surface area (Å²) in [4.78, 5) is 24.9. The number of anilines is 1. The van der Waals surface area contributed by atoms with Gasteiger partial charge in [-0.2, -0.15) is 4.98 Å². The summed E-state index contributed by atoms with van der Waals surface area (Å²) in [7, 11) is 0. The Kier molecular flexibility index (Phi) is 5.45. The summed E-state index contributed by atoms with van der Waals surface area (Å²) in [5, 5.41) is 2.86. The van der Waals surface area contributed by atoms with Crippen molar-refractivity contribution in [2.24, 2.45) is 5.92 Å². The van der Waals surface area contributed by atoms with Gasteiger partial charge < -0.3 is 10.1 Å². The molecule has 0 unspecified atom stereocenters. The highest BCUT2D eigenvalue weighted by atomic mass is 16.5. The van der Waals surface area contributed by atoms with E-state index in [1.807, 2.05) is 52.0 Å². The second kappa shape index (κ2) is 7.95. The van der Waals surface area contributed by atoms with Crippen LogP contribution in [0.5, 0.6) is 11.6 Å². The summed E-state index contributed by atoms with van der Waals surface area (Å²) in [6.07, 6.45) is 3.41. The zero-order valence-electron chi connectivity index (χ0n) is 15.9. The highest BCUT2D eigenvalue weighted by Crippen LogP contribution is 2.28. The quantitative estimate of drug-likeness (QED) is 0.721. The van der Waals surface area contributed by atoms with Gasteiger partial charge >= 0.3 is 0 Å². The molecule has 1 N–H and O–H groups in total. The molecule has 3 aromatic rings. The van der Waals surface area contributed by atoms with Crippen molar-refractivity contribution in [2.45, 2.75) is 27.7 Å². The lowest BCUT2D eigenvalue weighted by molar-refractivity contribution is -0.118. The van der Waals surface area contributed by atoms with Gasteiger partial charge in [0.15, 0.2) is 5.82 Å². The minimum Gasteiger partial charge on any atom is -0.439 e. The summed E-state index contributed by atoms with van der Waals surface area (Å²) in [6.45, 7) is 7.57. The highest BCUT2D eigenvalue weighted by molar-refractivity contribution is 5.92. The maximum atomic E-state index is 11.8. The molecule has 6 nitrogen and oxygen atoms in total. The Morgan fingerprint density at radius 1 is 1.00 bits per heavy atom. The van der Waals surface area contributed by atoms with E-state index in [-0.39, 0.29) is 11.8 Å². The van der Waals surface area contributed by atoms with Gasteiger partial charge in [-0.3, -0.25) is 9.78 Å². The van der Waals surface area contributed by atoms with Gasteiger partial charge in [-0.15, -0.1) is 0 Å². The fourth-order valence-corrected chi connectivity index (χ4v) is 2.34. The molecule has 0 radical (unpaired) electrons. The number of hydrogen-bond donors (Lipinski definition) is 1. The van der Waals surface area contributed by atoms with Crippen LogP contribution < -0.4 is 10.1 Å². The number of carbonyl (C=O) groups is 1. The first-order valence-corrected chi connectivity index (χ1v) is 8.78. The van der Waals surface area contributed by atoms with Crippen LogP contribution in [0.25, 0.3) is 11.4 Å². The topological polar surface area (TPSA) is 77.0 Å². The average molecular weight is 362 g/mol. The van der Waals surface area contributed by atoms with Crippen molar-refractivity contribution in [3.63, 3.8) is 0 Å². The largest absolute Gasteiger partial charge is 0.439 e. The molecule has 0 aliphatic heterocycles. The van der Waals surface area contributed by atoms with Gasteiger partial charge in [-0.25, -0.2) is 4.98 Å². The van der Waals surface area contributed by atoms with E-state index in [1.54, 1.807) is 24.5 Å². The van der Waals surface area contributed by atoms with Gasteiger partial charge in [0.05, 0.1) is 0 Å². The molecule has 1 amide bonds. The fraction of sp³-hybridized carbons (Fsp3) is 0.238. The molecular weight excluding hydrogens is 340 g/mol. The lowest BCUT2D eigenvalue weighted by Crippen LogP contribution is -2.17. The molecule has 2 aromatic heterocycles. The molecule has 0 fully saturated rings. The maximum absolute atomic E-state index is 11.8. The van der Waals surface area contributed by atoms with E-state index < -0.39 is 0 Å². The Labute approximate surface area is 158 Å². The number of aromatic nitrogens is 3. The van der Waals surface area contributed by atoms with E-state index in [1.165, 1.54) is 0 Å². The van der Waals surface area contributed by atoms with Crippen molar-refractivity contribution < 1.29 is 9.53 Å². The third-order valence-electron chi connectivity index (χ3n) is 4.14. The van der Waals surface area contributed by atoms with Crippen molar-refractivity contribution in [1.82, 2.24) is 15.0 Å². The van der Waals surface area contributed by atoms with Crippen LogP contribution in [0.1, 0.15) is 25.1 Å². The van der Waals surface area contributed by atoms with Crippen molar-refractivity contribution in [3.8, 4) is 23.0 Å². The first-order chi connectivity index (χ1) is 12.9. The second-order valence-electron chi connectivity index (χ2n) is 6.57. The standard InChI is InChI=1S/C21H22N4O2/c1-13(2)20(26)24-17-5-7-18(8-6-17)27-21-14(3)15(4)23-19(25-21)16-9-11-22-12-10-16/h5-13H,1-4H3,(H,24,26). The molecule has 0 aliphatic carbocycles. The van der Waals surface area contributed by atoms with Crippen LogP contribution in [0.2, 0.25) is 0 Å². The number of hydrogen-bond acceptors (Lipinski definition) is 5. The molecule has 0 bridgehead atoms. The Bertz CT molecular complexity index is 938. The lowest BCUT2D eigenvalue weighted by Gasteiger charge is -2.12. The molecule has 138 valence electrons. The highest BCUT2D eigenvalue weighted by Gasteiger charge is 2.12. The fourth-order valence-electron chi connectivity index (χ4n) is 2.34. The van der Waals surface area contributed by atoms with E-state index in [2.05, 4.69) is 20.3 Å². The van der Waals surface area contributed by atoms with Crippen LogP contribution in [0, 0.1) is 19.8 Å². The number of pyridine rings is 1. The summed E-state index contributed by atoms with van der Waals surface area (Å²) in [6, 6.07) is 10.9. The number of ether oxygens (including phenoxy) is 1. The Morgan fingerprint density at radius 2 is 1.67 bits per heavy atom. The molecular formula is C21H22N4O2. The first-order valence-electron chi connectivity index (χ1n) is 8.78. The predicted molar refractivity (Wildman–Crippen MR) is 105 cm³/mol. The molecule has 6 heteroatoms. The van der Waals surface area contributed by atoms with E-state index >= 15 is 0 Å². The van der Waals surface area contributed by atoms with E-state index in [0.717, 1.165) is 22.5 Å². The van der Waals surface area contributed by atoms with Gasteiger partial charge in [-0.05, 0) is 50.2 Å². The van der Waals surface area contributed by atoms with Crippen LogP contribution in [0.15, 0.2) is 48.8 Å². The normalized spacial score (nSPS) is 10.7. The molecule has 0 spiro atoms. The smallest absolute Gasteiger partial charge is 0.226 e. The van der Waals surface area contributed by atoms with Crippen molar-refractivity contribution in [1.29, 1.82) is 0 Å². The van der Waals surface area contributed by atoms with Gasteiger partial charge in [0.1, 0.15) is 5.75 Å². The Hall–Kier alpha value is -3.28. The number of nitrogens with zero attached hydrogens (tertiary/aromatic N) is 3. The zero-order chi connectivity index (χ0) is 19.4. The number of nitrogens with one attached hydrogen (secondary N) is 1. The van der Waals surface area contributed by atoms with Crippen LogP contribution >= 0.6 is 0 Å². The van der Waals surface area contributed by atoms with E-state index in [9.17, 15) is 4.79 Å². The molecule has 0 saturated heterocycles. The molecule has 3 rings (SSSR count). The van der Waals surface area contributed by atoms with Gasteiger partial charge in [-0.1, -0.05) is 13.8 Å². The summed E-state index contributed by atoms with van der Waals surface area (Å²) >= 11 is 0. The number of rotatable bonds is 5. The summed E-state index contributed by atoms with van der Waals surface area (Å²) in [5.74, 6) is 1.65.